The number of aromatic nitrogens is 2. The third-order valence-corrected chi connectivity index (χ3v) is 2.63. The maximum Gasteiger partial charge on any atom is 0.0755 e. The van der Waals surface area contributed by atoms with E-state index < -0.39 is 0 Å². The Hall–Kier alpha value is -0.960. The van der Waals surface area contributed by atoms with Crippen LogP contribution in [0.25, 0.3) is 0 Å². The van der Waals surface area contributed by atoms with E-state index >= 15 is 0 Å². The highest BCUT2D eigenvalue weighted by Gasteiger charge is 2.09. The van der Waals surface area contributed by atoms with Crippen LogP contribution in [-0.2, 0) is 0 Å². The lowest BCUT2D eigenvalue weighted by molar-refractivity contribution is 0.494. The maximum absolute atomic E-state index is 4.32. The normalized spacial score (nSPS) is 12.7. The SMILES string of the molecule is CCCCCCC(NC)c1cnccn1. The van der Waals surface area contributed by atoms with Crippen molar-refractivity contribution in [3.63, 3.8) is 0 Å². The van der Waals surface area contributed by atoms with E-state index in [1.807, 2.05) is 13.2 Å². The van der Waals surface area contributed by atoms with Gasteiger partial charge in [-0.1, -0.05) is 32.6 Å². The van der Waals surface area contributed by atoms with Gasteiger partial charge in [0, 0.05) is 18.6 Å². The highest BCUT2D eigenvalue weighted by atomic mass is 14.9. The predicted octanol–water partition coefficient (Wildman–Crippen LogP) is 2.71. The van der Waals surface area contributed by atoms with Crippen molar-refractivity contribution in [1.29, 1.82) is 0 Å². The van der Waals surface area contributed by atoms with Crippen molar-refractivity contribution in [1.82, 2.24) is 15.3 Å². The van der Waals surface area contributed by atoms with Crippen LogP contribution in [0.3, 0.4) is 0 Å². The summed E-state index contributed by atoms with van der Waals surface area (Å²) in [6.45, 7) is 2.23. The molecule has 0 amide bonds. The molecule has 0 aliphatic heterocycles. The lowest BCUT2D eigenvalue weighted by Gasteiger charge is -2.14. The van der Waals surface area contributed by atoms with Crippen molar-refractivity contribution in [3.8, 4) is 0 Å². The van der Waals surface area contributed by atoms with E-state index in [-0.39, 0.29) is 0 Å². The molecule has 0 spiro atoms. The van der Waals surface area contributed by atoms with E-state index in [0.29, 0.717) is 6.04 Å². The van der Waals surface area contributed by atoms with Crippen LogP contribution in [0.15, 0.2) is 18.6 Å². The highest BCUT2D eigenvalue weighted by Crippen LogP contribution is 2.16. The summed E-state index contributed by atoms with van der Waals surface area (Å²) in [5, 5.41) is 3.29. The van der Waals surface area contributed by atoms with Gasteiger partial charge in [0.2, 0.25) is 0 Å². The summed E-state index contributed by atoms with van der Waals surface area (Å²) in [6, 6.07) is 0.357. The molecule has 0 aliphatic rings. The molecule has 1 aromatic heterocycles. The highest BCUT2D eigenvalue weighted by molar-refractivity contribution is 5.01. The van der Waals surface area contributed by atoms with Gasteiger partial charge in [0.15, 0.2) is 0 Å². The number of hydrogen-bond donors (Lipinski definition) is 1. The Bertz CT molecular complexity index is 248. The molecule has 3 heteroatoms. The van der Waals surface area contributed by atoms with Crippen molar-refractivity contribution in [2.75, 3.05) is 7.05 Å². The van der Waals surface area contributed by atoms with E-state index in [4.69, 9.17) is 0 Å². The summed E-state index contributed by atoms with van der Waals surface area (Å²) in [4.78, 5) is 8.42. The Balaban J connectivity index is 2.36. The van der Waals surface area contributed by atoms with Crippen molar-refractivity contribution < 1.29 is 0 Å². The van der Waals surface area contributed by atoms with Gasteiger partial charge in [-0.15, -0.1) is 0 Å². The Morgan fingerprint density at radius 2 is 2.13 bits per heavy atom. The molecule has 1 atom stereocenters. The molecule has 0 aromatic carbocycles. The standard InChI is InChI=1S/C12H21N3/c1-3-4-5-6-7-11(13-2)12-10-14-8-9-15-12/h8-11,13H,3-7H2,1-2H3. The predicted molar refractivity (Wildman–Crippen MR) is 62.6 cm³/mol. The average molecular weight is 207 g/mol. The van der Waals surface area contributed by atoms with Gasteiger partial charge in [-0.2, -0.15) is 0 Å². The molecular weight excluding hydrogens is 186 g/mol. The zero-order chi connectivity index (χ0) is 10.9. The molecule has 84 valence electrons. The third kappa shape index (κ3) is 4.38. The van der Waals surface area contributed by atoms with Crippen molar-refractivity contribution in [3.05, 3.63) is 24.3 Å². The van der Waals surface area contributed by atoms with Gasteiger partial charge < -0.3 is 5.32 Å². The van der Waals surface area contributed by atoms with Crippen molar-refractivity contribution in [2.45, 2.75) is 45.1 Å². The fourth-order valence-corrected chi connectivity index (χ4v) is 1.71. The minimum Gasteiger partial charge on any atom is -0.312 e. The molecule has 0 saturated heterocycles. The van der Waals surface area contributed by atoms with E-state index in [2.05, 4.69) is 22.2 Å². The van der Waals surface area contributed by atoms with E-state index in [0.717, 1.165) is 12.1 Å². The summed E-state index contributed by atoms with van der Waals surface area (Å²) < 4.78 is 0. The lowest BCUT2D eigenvalue weighted by atomic mass is 10.1. The first-order valence-corrected chi connectivity index (χ1v) is 5.81. The third-order valence-electron chi connectivity index (χ3n) is 2.63. The van der Waals surface area contributed by atoms with Crippen LogP contribution in [0, 0.1) is 0 Å². The second kappa shape index (κ2) is 7.35. The quantitative estimate of drug-likeness (QED) is 0.699. The fourth-order valence-electron chi connectivity index (χ4n) is 1.71. The Morgan fingerprint density at radius 1 is 1.27 bits per heavy atom. The summed E-state index contributed by atoms with van der Waals surface area (Å²) in [6.07, 6.45) is 11.7. The first kappa shape index (κ1) is 12.1. The molecular formula is C12H21N3. The second-order valence-electron chi connectivity index (χ2n) is 3.82. The smallest absolute Gasteiger partial charge is 0.0755 e. The van der Waals surface area contributed by atoms with Crippen LogP contribution in [0.5, 0.6) is 0 Å². The number of nitrogens with one attached hydrogen (secondary N) is 1. The molecule has 0 radical (unpaired) electrons. The molecule has 1 aromatic rings. The summed E-state index contributed by atoms with van der Waals surface area (Å²) >= 11 is 0. The van der Waals surface area contributed by atoms with E-state index in [1.165, 1.54) is 25.7 Å². The van der Waals surface area contributed by atoms with Gasteiger partial charge in [0.05, 0.1) is 11.7 Å². The molecule has 1 rings (SSSR count). The number of rotatable bonds is 7. The van der Waals surface area contributed by atoms with Crippen LogP contribution >= 0.6 is 0 Å². The van der Waals surface area contributed by atoms with Gasteiger partial charge in [0.25, 0.3) is 0 Å². The molecule has 15 heavy (non-hydrogen) atoms. The van der Waals surface area contributed by atoms with Crippen molar-refractivity contribution in [2.24, 2.45) is 0 Å². The molecule has 3 nitrogen and oxygen atoms in total. The summed E-state index contributed by atoms with van der Waals surface area (Å²) in [5.74, 6) is 0. The van der Waals surface area contributed by atoms with Crippen LogP contribution < -0.4 is 5.32 Å². The molecule has 0 bridgehead atoms. The van der Waals surface area contributed by atoms with Crippen LogP contribution in [-0.4, -0.2) is 17.0 Å². The molecule has 0 aliphatic carbocycles. The Labute approximate surface area is 92.3 Å². The van der Waals surface area contributed by atoms with Crippen LogP contribution in [0.1, 0.15) is 50.8 Å². The first-order chi connectivity index (χ1) is 7.38. The fraction of sp³-hybridized carbons (Fsp3) is 0.667. The zero-order valence-corrected chi connectivity index (χ0v) is 9.74. The topological polar surface area (TPSA) is 37.8 Å². The molecule has 0 fully saturated rings. The van der Waals surface area contributed by atoms with E-state index in [1.54, 1.807) is 12.4 Å². The lowest BCUT2D eigenvalue weighted by Crippen LogP contribution is -2.17. The second-order valence-corrected chi connectivity index (χ2v) is 3.82. The minimum absolute atomic E-state index is 0.357. The number of hydrogen-bond acceptors (Lipinski definition) is 3. The minimum atomic E-state index is 0.357. The van der Waals surface area contributed by atoms with Crippen LogP contribution in [0.4, 0.5) is 0 Å². The molecule has 0 saturated carbocycles. The Morgan fingerprint density at radius 3 is 2.73 bits per heavy atom. The monoisotopic (exact) mass is 207 g/mol. The Kier molecular flexibility index (Phi) is 5.93. The van der Waals surface area contributed by atoms with Crippen LogP contribution in [0.2, 0.25) is 0 Å². The number of unbranched alkanes of at least 4 members (excludes halogenated alkanes) is 3. The average Bonchev–Trinajstić information content (AvgIpc) is 2.30. The van der Waals surface area contributed by atoms with Gasteiger partial charge in [-0.05, 0) is 13.5 Å². The molecule has 1 unspecified atom stereocenters. The van der Waals surface area contributed by atoms with Gasteiger partial charge >= 0.3 is 0 Å². The largest absolute Gasteiger partial charge is 0.312 e. The number of nitrogens with zero attached hydrogens (tertiary/aromatic N) is 2. The van der Waals surface area contributed by atoms with Gasteiger partial charge in [0.1, 0.15) is 0 Å². The van der Waals surface area contributed by atoms with Crippen molar-refractivity contribution >= 4 is 0 Å². The first-order valence-electron chi connectivity index (χ1n) is 5.81. The van der Waals surface area contributed by atoms with E-state index in [9.17, 15) is 0 Å². The summed E-state index contributed by atoms with van der Waals surface area (Å²) in [7, 11) is 1.99. The van der Waals surface area contributed by atoms with Gasteiger partial charge in [-0.25, -0.2) is 0 Å². The maximum atomic E-state index is 4.32. The molecule has 1 heterocycles. The van der Waals surface area contributed by atoms with Gasteiger partial charge in [-0.3, -0.25) is 9.97 Å². The zero-order valence-electron chi connectivity index (χ0n) is 9.74. The summed E-state index contributed by atoms with van der Waals surface area (Å²) in [5.41, 5.74) is 1.05. The molecule has 1 N–H and O–H groups in total.